The molecule has 5 rings (SSSR count). The molecule has 0 amide bonds. The summed E-state index contributed by atoms with van der Waals surface area (Å²) in [5.74, 6) is 1.29. The fourth-order valence-electron chi connectivity index (χ4n) is 4.64. The first-order valence-electron chi connectivity index (χ1n) is 11.2. The Morgan fingerprint density at radius 2 is 1.47 bits per heavy atom. The molecule has 0 spiro atoms. The number of carbonyl (C=O) groups excluding carboxylic acids is 1. The maximum absolute atomic E-state index is 13.3. The molecule has 0 N–H and O–H groups in total. The van der Waals surface area contributed by atoms with Crippen molar-refractivity contribution in [1.82, 2.24) is 0 Å². The van der Waals surface area contributed by atoms with Gasteiger partial charge in [-0.05, 0) is 17.7 Å². The number of fused-ring (bicyclic) bond motifs is 3. The summed E-state index contributed by atoms with van der Waals surface area (Å²) in [6.07, 6.45) is 0.0202. The minimum atomic E-state index is -0.516. The van der Waals surface area contributed by atoms with Crippen molar-refractivity contribution in [3.8, 4) is 40.1 Å². The average molecular weight is 488 g/mol. The summed E-state index contributed by atoms with van der Waals surface area (Å²) >= 11 is 0. The highest BCUT2D eigenvalue weighted by Gasteiger charge is 2.35. The lowest BCUT2D eigenvalue weighted by Gasteiger charge is -2.27. The molecule has 184 valence electrons. The second-order valence-electron chi connectivity index (χ2n) is 8.23. The second-order valence-corrected chi connectivity index (χ2v) is 8.23. The van der Waals surface area contributed by atoms with E-state index in [0.717, 1.165) is 5.56 Å². The lowest BCUT2D eigenvalue weighted by atomic mass is 9.84. The normalized spacial score (nSPS) is 14.7. The van der Waals surface area contributed by atoms with Crippen LogP contribution in [0.25, 0.3) is 22.3 Å². The number of hydrogen-bond acceptors (Lipinski definition) is 8. The Kier molecular flexibility index (Phi) is 6.01. The zero-order valence-electron chi connectivity index (χ0n) is 20.2. The van der Waals surface area contributed by atoms with Crippen LogP contribution < -0.4 is 29.1 Å². The van der Waals surface area contributed by atoms with Gasteiger partial charge in [0.25, 0.3) is 0 Å². The van der Waals surface area contributed by atoms with Crippen molar-refractivity contribution < 1.29 is 32.9 Å². The molecule has 0 bridgehead atoms. The topological polar surface area (TPSA) is 93.4 Å². The minimum absolute atomic E-state index is 0.0202. The summed E-state index contributed by atoms with van der Waals surface area (Å²) in [5, 5.41) is 0.270. The molecule has 0 fully saturated rings. The van der Waals surface area contributed by atoms with E-state index in [1.165, 1.54) is 34.5 Å². The van der Waals surface area contributed by atoms with Gasteiger partial charge in [0.1, 0.15) is 28.2 Å². The molecular weight excluding hydrogens is 464 g/mol. The molecule has 0 aliphatic carbocycles. The predicted molar refractivity (Wildman–Crippen MR) is 133 cm³/mol. The summed E-state index contributed by atoms with van der Waals surface area (Å²) in [5.41, 5.74) is 2.04. The Bertz CT molecular complexity index is 1500. The molecule has 1 aromatic heterocycles. The second kappa shape index (κ2) is 9.30. The van der Waals surface area contributed by atoms with E-state index in [1.54, 1.807) is 18.2 Å². The number of methoxy groups -OCH3 is 4. The Morgan fingerprint density at radius 1 is 0.806 bits per heavy atom. The van der Waals surface area contributed by atoms with Crippen LogP contribution in [-0.4, -0.2) is 34.4 Å². The van der Waals surface area contributed by atoms with Gasteiger partial charge < -0.3 is 28.1 Å². The highest BCUT2D eigenvalue weighted by Crippen LogP contribution is 2.49. The van der Waals surface area contributed by atoms with Crippen molar-refractivity contribution in [2.24, 2.45) is 0 Å². The van der Waals surface area contributed by atoms with Crippen LogP contribution in [0.1, 0.15) is 23.5 Å². The molecule has 1 atom stereocenters. The zero-order valence-corrected chi connectivity index (χ0v) is 20.2. The van der Waals surface area contributed by atoms with Gasteiger partial charge in [-0.2, -0.15) is 0 Å². The third-order valence-corrected chi connectivity index (χ3v) is 6.28. The van der Waals surface area contributed by atoms with Crippen LogP contribution in [0.2, 0.25) is 0 Å². The van der Waals surface area contributed by atoms with Crippen LogP contribution in [0, 0.1) is 0 Å². The molecule has 36 heavy (non-hydrogen) atoms. The summed E-state index contributed by atoms with van der Waals surface area (Å²) < 4.78 is 34.0. The van der Waals surface area contributed by atoms with Crippen molar-refractivity contribution in [3.05, 3.63) is 75.9 Å². The molecule has 8 heteroatoms. The fourth-order valence-corrected chi connectivity index (χ4v) is 4.64. The number of ether oxygens (including phenoxy) is 5. The lowest BCUT2D eigenvalue weighted by molar-refractivity contribution is -0.135. The fraction of sp³-hybridized carbons (Fsp3) is 0.214. The Morgan fingerprint density at radius 3 is 2.08 bits per heavy atom. The number of rotatable bonds is 6. The van der Waals surface area contributed by atoms with Gasteiger partial charge >= 0.3 is 5.97 Å². The van der Waals surface area contributed by atoms with E-state index < -0.39 is 11.9 Å². The standard InChI is InChI=1S/C28H24O8/c1-31-20-14-21-25(28-26(20)18(29)13-19(36-28)15-8-6-5-7-9-15)17(12-24(30)35-21)16-10-22(32-2)27(34-4)23(11-16)33-3/h5-11,13-14,17H,12H2,1-4H3/t17-/m1/s1. The zero-order chi connectivity index (χ0) is 25.4. The van der Waals surface area contributed by atoms with E-state index in [9.17, 15) is 9.59 Å². The molecule has 1 aliphatic rings. The number of carbonyl (C=O) groups is 1. The van der Waals surface area contributed by atoms with E-state index in [4.69, 9.17) is 28.1 Å². The van der Waals surface area contributed by atoms with Crippen LogP contribution in [0.5, 0.6) is 28.7 Å². The first-order valence-corrected chi connectivity index (χ1v) is 11.2. The Balaban J connectivity index is 1.83. The van der Waals surface area contributed by atoms with E-state index >= 15 is 0 Å². The maximum atomic E-state index is 13.3. The van der Waals surface area contributed by atoms with Crippen molar-refractivity contribution in [2.75, 3.05) is 28.4 Å². The van der Waals surface area contributed by atoms with Crippen LogP contribution >= 0.6 is 0 Å². The van der Waals surface area contributed by atoms with Gasteiger partial charge in [0.05, 0.1) is 34.9 Å². The van der Waals surface area contributed by atoms with Crippen molar-refractivity contribution in [2.45, 2.75) is 12.3 Å². The van der Waals surface area contributed by atoms with E-state index in [2.05, 4.69) is 0 Å². The number of benzene rings is 3. The maximum Gasteiger partial charge on any atom is 0.312 e. The van der Waals surface area contributed by atoms with Gasteiger partial charge in [-0.25, -0.2) is 0 Å². The number of hydrogen-bond donors (Lipinski definition) is 0. The number of esters is 1. The summed E-state index contributed by atoms with van der Waals surface area (Å²) in [6.45, 7) is 0. The SMILES string of the molecule is COc1cc([C@H]2CC(=O)Oc3cc(OC)c4c(=O)cc(-c5ccccc5)oc4c32)cc(OC)c1OC. The van der Waals surface area contributed by atoms with Crippen LogP contribution in [0.15, 0.2) is 63.8 Å². The van der Waals surface area contributed by atoms with Crippen LogP contribution in [0.3, 0.4) is 0 Å². The molecular formula is C28H24O8. The van der Waals surface area contributed by atoms with Gasteiger partial charge in [-0.3, -0.25) is 9.59 Å². The molecule has 3 aromatic carbocycles. The predicted octanol–water partition coefficient (Wildman–Crippen LogP) is 4.94. The van der Waals surface area contributed by atoms with Crippen molar-refractivity contribution in [3.63, 3.8) is 0 Å². The summed E-state index contributed by atoms with van der Waals surface area (Å²) in [7, 11) is 6.02. The molecule has 8 nitrogen and oxygen atoms in total. The third-order valence-electron chi connectivity index (χ3n) is 6.28. The van der Waals surface area contributed by atoms with E-state index in [-0.39, 0.29) is 28.7 Å². The molecule has 0 unspecified atom stereocenters. The molecule has 0 radical (unpaired) electrons. The van der Waals surface area contributed by atoms with E-state index in [1.807, 2.05) is 30.3 Å². The first-order chi connectivity index (χ1) is 17.5. The summed E-state index contributed by atoms with van der Waals surface area (Å²) in [4.78, 5) is 26.0. The summed E-state index contributed by atoms with van der Waals surface area (Å²) in [6, 6.07) is 15.9. The van der Waals surface area contributed by atoms with Gasteiger partial charge in [-0.1, -0.05) is 30.3 Å². The van der Waals surface area contributed by atoms with Gasteiger partial charge in [0.2, 0.25) is 5.75 Å². The highest BCUT2D eigenvalue weighted by atomic mass is 16.5. The third kappa shape index (κ3) is 3.80. The lowest BCUT2D eigenvalue weighted by Crippen LogP contribution is -2.22. The Labute approximate surface area is 206 Å². The average Bonchev–Trinajstić information content (AvgIpc) is 2.91. The Hall–Kier alpha value is -4.46. The smallest absolute Gasteiger partial charge is 0.312 e. The first kappa shape index (κ1) is 23.3. The molecule has 0 saturated heterocycles. The molecule has 4 aromatic rings. The highest BCUT2D eigenvalue weighted by molar-refractivity contribution is 5.93. The molecule has 2 heterocycles. The van der Waals surface area contributed by atoms with Gasteiger partial charge in [0, 0.05) is 29.2 Å². The van der Waals surface area contributed by atoms with E-state index in [0.29, 0.717) is 39.7 Å². The molecule has 0 saturated carbocycles. The van der Waals surface area contributed by atoms with Gasteiger partial charge in [-0.15, -0.1) is 0 Å². The molecule has 1 aliphatic heterocycles. The van der Waals surface area contributed by atoms with Crippen molar-refractivity contribution >= 4 is 16.9 Å². The van der Waals surface area contributed by atoms with Crippen LogP contribution in [0.4, 0.5) is 0 Å². The van der Waals surface area contributed by atoms with Gasteiger partial charge in [0.15, 0.2) is 16.9 Å². The minimum Gasteiger partial charge on any atom is -0.496 e. The quantitative estimate of drug-likeness (QED) is 0.278. The van der Waals surface area contributed by atoms with Crippen molar-refractivity contribution in [1.29, 1.82) is 0 Å². The monoisotopic (exact) mass is 488 g/mol. The van der Waals surface area contributed by atoms with Crippen LogP contribution in [-0.2, 0) is 4.79 Å². The largest absolute Gasteiger partial charge is 0.496 e.